The summed E-state index contributed by atoms with van der Waals surface area (Å²) < 4.78 is 53.2. The molecule has 1 aromatic carbocycles. The maximum Gasteiger partial charge on any atom is 0.240 e. The van der Waals surface area contributed by atoms with Crippen LogP contribution in [0.5, 0.6) is 0 Å². The summed E-state index contributed by atoms with van der Waals surface area (Å²) in [6.45, 7) is 2.08. The van der Waals surface area contributed by atoms with Crippen molar-refractivity contribution in [3.05, 3.63) is 30.3 Å². The number of benzene rings is 1. The number of sulfonamides is 2. The second-order valence-electron chi connectivity index (χ2n) is 5.68. The minimum absolute atomic E-state index is 0.190. The fraction of sp³-hybridized carbons (Fsp3) is 0.533. The van der Waals surface area contributed by atoms with Crippen molar-refractivity contribution in [3.8, 4) is 6.07 Å². The van der Waals surface area contributed by atoms with Crippen LogP contribution in [0, 0.1) is 11.3 Å². The van der Waals surface area contributed by atoms with Gasteiger partial charge in [-0.25, -0.2) is 25.9 Å². The van der Waals surface area contributed by atoms with Crippen LogP contribution in [0.2, 0.25) is 0 Å². The summed E-state index contributed by atoms with van der Waals surface area (Å²) in [4.78, 5) is 0.190. The molecule has 0 amide bonds. The minimum Gasteiger partial charge on any atom is -0.211 e. The molecule has 0 bridgehead atoms. The lowest BCUT2D eigenvalue weighted by Crippen LogP contribution is -2.48. The van der Waals surface area contributed by atoms with Crippen molar-refractivity contribution in [2.75, 3.05) is 13.1 Å². The van der Waals surface area contributed by atoms with Gasteiger partial charge in [-0.15, -0.1) is 0 Å². The molecular weight excluding hydrogens is 350 g/mol. The Hall–Kier alpha value is -1.47. The van der Waals surface area contributed by atoms with Gasteiger partial charge in [-0.2, -0.15) is 5.26 Å². The van der Waals surface area contributed by atoms with Crippen molar-refractivity contribution in [2.45, 2.75) is 42.4 Å². The molecule has 132 valence electrons. The van der Waals surface area contributed by atoms with E-state index in [1.807, 2.05) is 6.07 Å². The first-order valence-corrected chi connectivity index (χ1v) is 10.8. The highest BCUT2D eigenvalue weighted by atomic mass is 32.2. The topological polar surface area (TPSA) is 107 Å². The number of nitriles is 1. The van der Waals surface area contributed by atoms with Gasteiger partial charge in [0.1, 0.15) is 0 Å². The maximum atomic E-state index is 12.3. The molecular formula is C15H21N3O4S2. The highest BCUT2D eigenvalue weighted by molar-refractivity contribution is 7.90. The van der Waals surface area contributed by atoms with Crippen molar-refractivity contribution < 1.29 is 16.8 Å². The van der Waals surface area contributed by atoms with Crippen LogP contribution in [0.1, 0.15) is 26.2 Å². The third-order valence-corrected chi connectivity index (χ3v) is 7.84. The molecule has 0 radical (unpaired) electrons. The SMILES string of the molecule is CCC(C#N)S(=O)(=O)N1CCC(NS(=O)(=O)c2ccccc2)CC1. The van der Waals surface area contributed by atoms with Gasteiger partial charge in [0.2, 0.25) is 20.0 Å². The van der Waals surface area contributed by atoms with Crippen LogP contribution in [-0.2, 0) is 20.0 Å². The molecule has 1 heterocycles. The molecule has 1 aliphatic rings. The number of piperidine rings is 1. The number of nitrogens with zero attached hydrogens (tertiary/aromatic N) is 2. The summed E-state index contributed by atoms with van der Waals surface area (Å²) in [5.41, 5.74) is 0. The third-order valence-electron chi connectivity index (χ3n) is 4.06. The normalized spacial score (nSPS) is 18.8. The Labute approximate surface area is 143 Å². The maximum absolute atomic E-state index is 12.3. The predicted octanol–water partition coefficient (Wildman–Crippen LogP) is 1.06. The van der Waals surface area contributed by atoms with Crippen molar-refractivity contribution in [1.82, 2.24) is 9.03 Å². The molecule has 1 N–H and O–H groups in total. The van der Waals surface area contributed by atoms with Crippen LogP contribution in [0.4, 0.5) is 0 Å². The summed E-state index contributed by atoms with van der Waals surface area (Å²) in [5, 5.41) is 7.93. The molecule has 2 rings (SSSR count). The summed E-state index contributed by atoms with van der Waals surface area (Å²) in [7, 11) is -7.26. The Bertz CT molecular complexity index is 793. The fourth-order valence-electron chi connectivity index (χ4n) is 2.66. The molecule has 0 aromatic heterocycles. The van der Waals surface area contributed by atoms with Crippen LogP contribution in [0.15, 0.2) is 35.2 Å². The van der Waals surface area contributed by atoms with Gasteiger partial charge in [0, 0.05) is 19.1 Å². The van der Waals surface area contributed by atoms with E-state index in [9.17, 15) is 16.8 Å². The highest BCUT2D eigenvalue weighted by Crippen LogP contribution is 2.20. The smallest absolute Gasteiger partial charge is 0.211 e. The first-order chi connectivity index (χ1) is 11.3. The van der Waals surface area contributed by atoms with Gasteiger partial charge in [0.25, 0.3) is 0 Å². The van der Waals surface area contributed by atoms with Crippen LogP contribution >= 0.6 is 0 Å². The lowest BCUT2D eigenvalue weighted by atomic mass is 10.1. The average molecular weight is 371 g/mol. The van der Waals surface area contributed by atoms with Gasteiger partial charge in [-0.05, 0) is 31.4 Å². The van der Waals surface area contributed by atoms with Crippen molar-refractivity contribution in [3.63, 3.8) is 0 Å². The predicted molar refractivity (Wildman–Crippen MR) is 90.0 cm³/mol. The van der Waals surface area contributed by atoms with Gasteiger partial charge in [-0.1, -0.05) is 25.1 Å². The molecule has 1 aliphatic heterocycles. The highest BCUT2D eigenvalue weighted by Gasteiger charge is 2.34. The minimum atomic E-state index is -3.65. The van der Waals surface area contributed by atoms with E-state index in [0.717, 1.165) is 0 Å². The van der Waals surface area contributed by atoms with Gasteiger partial charge in [-0.3, -0.25) is 0 Å². The monoisotopic (exact) mass is 371 g/mol. The van der Waals surface area contributed by atoms with Crippen LogP contribution in [-0.4, -0.2) is 45.5 Å². The quantitative estimate of drug-likeness (QED) is 0.804. The molecule has 1 atom stereocenters. The van der Waals surface area contributed by atoms with E-state index in [-0.39, 0.29) is 30.4 Å². The Balaban J connectivity index is 2.00. The standard InChI is InChI=1S/C15H21N3O4S2/c1-2-14(12-16)24(21,22)18-10-8-13(9-11-18)17-23(19,20)15-6-4-3-5-7-15/h3-7,13-14,17H,2,8-11H2,1H3. The summed E-state index contributed by atoms with van der Waals surface area (Å²) in [5.74, 6) is 0. The van der Waals surface area contributed by atoms with E-state index in [4.69, 9.17) is 5.26 Å². The molecule has 1 aromatic rings. The molecule has 0 spiro atoms. The Morgan fingerprint density at radius 3 is 2.29 bits per heavy atom. The molecule has 24 heavy (non-hydrogen) atoms. The van der Waals surface area contributed by atoms with Gasteiger partial charge in [0.15, 0.2) is 5.25 Å². The van der Waals surface area contributed by atoms with Crippen LogP contribution in [0.3, 0.4) is 0 Å². The molecule has 7 nitrogen and oxygen atoms in total. The number of hydrogen-bond donors (Lipinski definition) is 1. The van der Waals surface area contributed by atoms with Crippen molar-refractivity contribution in [1.29, 1.82) is 5.26 Å². The van der Waals surface area contributed by atoms with Gasteiger partial charge < -0.3 is 0 Å². The van der Waals surface area contributed by atoms with E-state index >= 15 is 0 Å². The summed E-state index contributed by atoms with van der Waals surface area (Å²) in [6.07, 6.45) is 1.000. The zero-order valence-electron chi connectivity index (χ0n) is 13.4. The van der Waals surface area contributed by atoms with E-state index < -0.39 is 25.3 Å². The molecule has 1 fully saturated rings. The molecule has 1 unspecified atom stereocenters. The lowest BCUT2D eigenvalue weighted by molar-refractivity contribution is 0.307. The molecule has 0 saturated carbocycles. The zero-order valence-corrected chi connectivity index (χ0v) is 15.1. The number of hydrogen-bond acceptors (Lipinski definition) is 5. The van der Waals surface area contributed by atoms with Crippen molar-refractivity contribution >= 4 is 20.0 Å². The first-order valence-electron chi connectivity index (χ1n) is 7.77. The molecule has 0 aliphatic carbocycles. The average Bonchev–Trinajstić information content (AvgIpc) is 2.56. The van der Waals surface area contributed by atoms with E-state index in [0.29, 0.717) is 12.8 Å². The summed E-state index contributed by atoms with van der Waals surface area (Å²) in [6, 6.07) is 9.57. The summed E-state index contributed by atoms with van der Waals surface area (Å²) >= 11 is 0. The van der Waals surface area contributed by atoms with Crippen molar-refractivity contribution in [2.24, 2.45) is 0 Å². The van der Waals surface area contributed by atoms with Gasteiger partial charge in [0.05, 0.1) is 11.0 Å². The second kappa shape index (κ2) is 7.61. The van der Waals surface area contributed by atoms with Gasteiger partial charge >= 0.3 is 0 Å². The molecule has 1 saturated heterocycles. The third kappa shape index (κ3) is 4.13. The zero-order chi connectivity index (χ0) is 17.8. The van der Waals surface area contributed by atoms with Crippen LogP contribution < -0.4 is 4.72 Å². The Morgan fingerprint density at radius 2 is 1.79 bits per heavy atom. The van der Waals surface area contributed by atoms with Crippen LogP contribution in [0.25, 0.3) is 0 Å². The number of nitrogens with one attached hydrogen (secondary N) is 1. The largest absolute Gasteiger partial charge is 0.240 e. The van der Waals surface area contributed by atoms with E-state index in [1.165, 1.54) is 16.4 Å². The van der Waals surface area contributed by atoms with E-state index in [2.05, 4.69) is 4.72 Å². The Morgan fingerprint density at radius 1 is 1.21 bits per heavy atom. The first kappa shape index (κ1) is 18.9. The Kier molecular flexibility index (Phi) is 5.98. The number of rotatable bonds is 6. The lowest BCUT2D eigenvalue weighted by Gasteiger charge is -2.32. The van der Waals surface area contributed by atoms with E-state index in [1.54, 1.807) is 25.1 Å². The second-order valence-corrected chi connectivity index (χ2v) is 9.51. The molecule has 9 heteroatoms. The fourth-order valence-corrected chi connectivity index (χ4v) is 5.62.